The molecule has 2 N–H and O–H groups in total. The molecule has 2 aromatic rings. The average molecular weight is 378 g/mol. The Hall–Kier alpha value is -3.08. The summed E-state index contributed by atoms with van der Waals surface area (Å²) in [5, 5.41) is 5.54. The number of aryl methyl sites for hydroxylation is 1. The Morgan fingerprint density at radius 1 is 1.14 bits per heavy atom. The normalized spacial score (nSPS) is 13.8. The fraction of sp³-hybridized carbons (Fsp3) is 0.304. The van der Waals surface area contributed by atoms with Crippen molar-refractivity contribution in [3.8, 4) is 5.75 Å². The lowest BCUT2D eigenvalue weighted by Crippen LogP contribution is -2.32. The van der Waals surface area contributed by atoms with Crippen molar-refractivity contribution in [2.24, 2.45) is 0 Å². The van der Waals surface area contributed by atoms with Crippen LogP contribution in [-0.4, -0.2) is 24.5 Å². The molecule has 0 spiro atoms. The molecule has 1 unspecified atom stereocenters. The van der Waals surface area contributed by atoms with E-state index in [0.29, 0.717) is 17.8 Å². The number of rotatable bonds is 7. The van der Waals surface area contributed by atoms with Crippen LogP contribution in [0.3, 0.4) is 0 Å². The van der Waals surface area contributed by atoms with Crippen molar-refractivity contribution in [3.05, 3.63) is 71.8 Å². The number of nitrogens with one attached hydrogen (secondary N) is 2. The number of hydrogen-bond acceptors (Lipinski definition) is 3. The van der Waals surface area contributed by atoms with Crippen LogP contribution in [0.25, 0.3) is 0 Å². The Morgan fingerprint density at radius 2 is 1.93 bits per heavy atom. The molecular formula is C23H26N2O3. The van der Waals surface area contributed by atoms with Gasteiger partial charge in [0.1, 0.15) is 5.75 Å². The van der Waals surface area contributed by atoms with Crippen molar-refractivity contribution < 1.29 is 14.3 Å². The third kappa shape index (κ3) is 4.60. The maximum Gasteiger partial charge on any atom is 0.265 e. The lowest BCUT2D eigenvalue weighted by molar-refractivity contribution is -0.122. The van der Waals surface area contributed by atoms with Crippen LogP contribution < -0.4 is 15.4 Å². The van der Waals surface area contributed by atoms with Crippen molar-refractivity contribution in [2.75, 3.05) is 11.9 Å². The third-order valence-electron chi connectivity index (χ3n) is 4.86. The molecule has 28 heavy (non-hydrogen) atoms. The molecule has 5 nitrogen and oxygen atoms in total. The van der Waals surface area contributed by atoms with Gasteiger partial charge in [0.2, 0.25) is 0 Å². The standard InChI is InChI=1S/C23H26N2O3/c1-3-15-24-23(27)19-12-6-7-13-20(19)25-22(26)16(2)28-21-14-8-10-17-9-4-5-11-18(17)21/h3,6-8,10,12-14,16H,1,4-5,9,11,15H2,2H3,(H,24,27)(H,25,26). The molecule has 0 heterocycles. The number of ether oxygens (including phenoxy) is 1. The van der Waals surface area contributed by atoms with Gasteiger partial charge in [-0.15, -0.1) is 6.58 Å². The number of para-hydroxylation sites is 1. The topological polar surface area (TPSA) is 67.4 Å². The molecule has 0 bridgehead atoms. The lowest BCUT2D eigenvalue weighted by atomic mass is 9.91. The highest BCUT2D eigenvalue weighted by atomic mass is 16.5. The fourth-order valence-electron chi connectivity index (χ4n) is 3.39. The van der Waals surface area contributed by atoms with Gasteiger partial charge in [0.15, 0.2) is 6.10 Å². The maximum absolute atomic E-state index is 12.7. The second-order valence-electron chi connectivity index (χ2n) is 6.89. The molecule has 1 aliphatic carbocycles. The second-order valence-corrected chi connectivity index (χ2v) is 6.89. The van der Waals surface area contributed by atoms with Gasteiger partial charge in [-0.2, -0.15) is 0 Å². The summed E-state index contributed by atoms with van der Waals surface area (Å²) < 4.78 is 5.99. The molecule has 5 heteroatoms. The fourth-order valence-corrected chi connectivity index (χ4v) is 3.39. The molecule has 0 aromatic heterocycles. The first-order valence-corrected chi connectivity index (χ1v) is 9.66. The first kappa shape index (κ1) is 19.7. The number of hydrogen-bond donors (Lipinski definition) is 2. The second kappa shape index (κ2) is 9.22. The Bertz CT molecular complexity index is 876. The van der Waals surface area contributed by atoms with Gasteiger partial charge in [0.05, 0.1) is 11.3 Å². The molecule has 0 saturated heterocycles. The number of carbonyl (C=O) groups is 2. The largest absolute Gasteiger partial charge is 0.481 e. The smallest absolute Gasteiger partial charge is 0.265 e. The van der Waals surface area contributed by atoms with Gasteiger partial charge in [0, 0.05) is 6.54 Å². The minimum absolute atomic E-state index is 0.262. The Morgan fingerprint density at radius 3 is 2.75 bits per heavy atom. The quantitative estimate of drug-likeness (QED) is 0.719. The van der Waals surface area contributed by atoms with Gasteiger partial charge >= 0.3 is 0 Å². The van der Waals surface area contributed by atoms with Gasteiger partial charge in [-0.05, 0) is 61.9 Å². The molecule has 0 aliphatic heterocycles. The Labute approximate surface area is 165 Å². The van der Waals surface area contributed by atoms with E-state index < -0.39 is 6.10 Å². The number of amides is 2. The molecule has 2 aromatic carbocycles. The van der Waals surface area contributed by atoms with E-state index in [2.05, 4.69) is 23.3 Å². The zero-order valence-electron chi connectivity index (χ0n) is 16.2. The highest BCUT2D eigenvalue weighted by molar-refractivity contribution is 6.04. The summed E-state index contributed by atoms with van der Waals surface area (Å²) in [5.41, 5.74) is 3.37. The van der Waals surface area contributed by atoms with Crippen LogP contribution >= 0.6 is 0 Å². The summed E-state index contributed by atoms with van der Waals surface area (Å²) in [6, 6.07) is 12.9. The van der Waals surface area contributed by atoms with Crippen molar-refractivity contribution in [2.45, 2.75) is 38.7 Å². The van der Waals surface area contributed by atoms with Crippen molar-refractivity contribution in [3.63, 3.8) is 0 Å². The summed E-state index contributed by atoms with van der Waals surface area (Å²) in [7, 11) is 0. The predicted molar refractivity (Wildman–Crippen MR) is 111 cm³/mol. The van der Waals surface area contributed by atoms with E-state index in [9.17, 15) is 9.59 Å². The van der Waals surface area contributed by atoms with Crippen molar-refractivity contribution in [1.29, 1.82) is 0 Å². The van der Waals surface area contributed by atoms with Crippen LogP contribution in [0.5, 0.6) is 5.75 Å². The van der Waals surface area contributed by atoms with Gasteiger partial charge in [0.25, 0.3) is 11.8 Å². The molecule has 1 atom stereocenters. The zero-order chi connectivity index (χ0) is 19.9. The molecule has 0 saturated carbocycles. The zero-order valence-corrected chi connectivity index (χ0v) is 16.2. The van der Waals surface area contributed by atoms with Crippen LogP contribution in [0, 0.1) is 0 Å². The first-order valence-electron chi connectivity index (χ1n) is 9.66. The molecular weight excluding hydrogens is 352 g/mol. The third-order valence-corrected chi connectivity index (χ3v) is 4.86. The lowest BCUT2D eigenvalue weighted by Gasteiger charge is -2.22. The molecule has 146 valence electrons. The number of fused-ring (bicyclic) bond motifs is 1. The van der Waals surface area contributed by atoms with Crippen molar-refractivity contribution in [1.82, 2.24) is 5.32 Å². The SMILES string of the molecule is C=CCNC(=O)c1ccccc1NC(=O)C(C)Oc1cccc2c1CCCC2. The van der Waals surface area contributed by atoms with Crippen LogP contribution in [0.1, 0.15) is 41.3 Å². The molecule has 1 aliphatic rings. The van der Waals surface area contributed by atoms with Gasteiger partial charge in [-0.25, -0.2) is 0 Å². The summed E-state index contributed by atoms with van der Waals surface area (Å²) in [6.45, 7) is 5.67. The van der Waals surface area contributed by atoms with E-state index in [1.807, 2.05) is 12.1 Å². The predicted octanol–water partition coefficient (Wildman–Crippen LogP) is 3.89. The van der Waals surface area contributed by atoms with Crippen LogP contribution in [0.4, 0.5) is 5.69 Å². The maximum atomic E-state index is 12.7. The van der Waals surface area contributed by atoms with E-state index in [1.165, 1.54) is 17.5 Å². The molecule has 3 rings (SSSR count). The highest BCUT2D eigenvalue weighted by Crippen LogP contribution is 2.30. The summed E-state index contributed by atoms with van der Waals surface area (Å²) in [4.78, 5) is 25.0. The number of carbonyl (C=O) groups excluding carboxylic acids is 2. The van der Waals surface area contributed by atoms with E-state index in [1.54, 1.807) is 37.3 Å². The van der Waals surface area contributed by atoms with E-state index in [0.717, 1.165) is 25.0 Å². The average Bonchev–Trinajstić information content (AvgIpc) is 2.72. The first-order chi connectivity index (χ1) is 13.6. The minimum atomic E-state index is -0.683. The van der Waals surface area contributed by atoms with E-state index in [-0.39, 0.29) is 11.8 Å². The monoisotopic (exact) mass is 378 g/mol. The summed E-state index contributed by atoms with van der Waals surface area (Å²) >= 11 is 0. The summed E-state index contributed by atoms with van der Waals surface area (Å²) in [5.74, 6) is 0.218. The molecule has 2 amide bonds. The Balaban J connectivity index is 1.70. The van der Waals surface area contributed by atoms with Gasteiger partial charge in [-0.3, -0.25) is 9.59 Å². The number of anilines is 1. The Kier molecular flexibility index (Phi) is 6.48. The van der Waals surface area contributed by atoms with E-state index in [4.69, 9.17) is 4.74 Å². The number of benzene rings is 2. The van der Waals surface area contributed by atoms with Gasteiger partial charge in [-0.1, -0.05) is 30.3 Å². The molecule has 0 radical (unpaired) electrons. The van der Waals surface area contributed by atoms with E-state index >= 15 is 0 Å². The van der Waals surface area contributed by atoms with Crippen molar-refractivity contribution >= 4 is 17.5 Å². The van der Waals surface area contributed by atoms with Gasteiger partial charge < -0.3 is 15.4 Å². The molecule has 0 fully saturated rings. The summed E-state index contributed by atoms with van der Waals surface area (Å²) in [6.07, 6.45) is 5.29. The van der Waals surface area contributed by atoms with Crippen LogP contribution in [-0.2, 0) is 17.6 Å². The minimum Gasteiger partial charge on any atom is -0.481 e. The van der Waals surface area contributed by atoms with Crippen LogP contribution in [0.15, 0.2) is 55.1 Å². The highest BCUT2D eigenvalue weighted by Gasteiger charge is 2.21. The van der Waals surface area contributed by atoms with Crippen LogP contribution in [0.2, 0.25) is 0 Å².